The molecule has 1 aliphatic rings. The van der Waals surface area contributed by atoms with Gasteiger partial charge in [-0.3, -0.25) is 4.79 Å². The molecule has 1 atom stereocenters. The molecule has 1 aliphatic heterocycles. The van der Waals surface area contributed by atoms with Gasteiger partial charge in [0.1, 0.15) is 0 Å². The van der Waals surface area contributed by atoms with E-state index in [1.807, 2.05) is 0 Å². The lowest BCUT2D eigenvalue weighted by atomic mass is 9.82. The predicted octanol–water partition coefficient (Wildman–Crippen LogP) is 0.858. The van der Waals surface area contributed by atoms with Gasteiger partial charge >= 0.3 is 12.0 Å². The molecule has 0 aliphatic carbocycles. The van der Waals surface area contributed by atoms with Crippen molar-refractivity contribution in [3.63, 3.8) is 0 Å². The summed E-state index contributed by atoms with van der Waals surface area (Å²) in [6.45, 7) is 2.75. The Kier molecular flexibility index (Phi) is 4.00. The van der Waals surface area contributed by atoms with Crippen LogP contribution in [0.3, 0.4) is 0 Å². The maximum Gasteiger partial charge on any atom is 0.320 e. The predicted molar refractivity (Wildman–Crippen MR) is 63.4 cm³/mol. The van der Waals surface area contributed by atoms with Crippen LogP contribution in [-0.4, -0.2) is 53.6 Å². The minimum atomic E-state index is -0.852. The van der Waals surface area contributed by atoms with Crippen LogP contribution in [0.2, 0.25) is 0 Å². The van der Waals surface area contributed by atoms with Crippen molar-refractivity contribution in [2.75, 3.05) is 26.7 Å². The summed E-state index contributed by atoms with van der Waals surface area (Å²) < 4.78 is 0. The minimum absolute atomic E-state index is 0.199. The zero-order chi connectivity index (χ0) is 13.1. The topological polar surface area (TPSA) is 60.9 Å². The Labute approximate surface area is 101 Å². The number of aliphatic carboxylic acids is 1. The number of likely N-dealkylation sites (tertiary alicyclic amines) is 1. The van der Waals surface area contributed by atoms with Gasteiger partial charge in [-0.2, -0.15) is 0 Å². The Balaban J connectivity index is 2.70. The third kappa shape index (κ3) is 2.90. The summed E-state index contributed by atoms with van der Waals surface area (Å²) in [4.78, 5) is 26.1. The van der Waals surface area contributed by atoms with Crippen molar-refractivity contribution >= 4 is 12.0 Å². The lowest BCUT2D eigenvalue weighted by molar-refractivity contribution is -0.150. The highest BCUT2D eigenvalue weighted by molar-refractivity contribution is 5.78. The third-order valence-electron chi connectivity index (χ3n) is 3.14. The quantitative estimate of drug-likeness (QED) is 0.726. The van der Waals surface area contributed by atoms with E-state index in [4.69, 9.17) is 11.5 Å². The summed E-state index contributed by atoms with van der Waals surface area (Å²) in [5.41, 5.74) is -0.842. The maximum absolute atomic E-state index is 12.0. The van der Waals surface area contributed by atoms with Gasteiger partial charge in [-0.25, -0.2) is 4.79 Å². The highest BCUT2D eigenvalue weighted by Gasteiger charge is 2.39. The van der Waals surface area contributed by atoms with E-state index < -0.39 is 11.4 Å². The molecule has 1 heterocycles. The second-order valence-electron chi connectivity index (χ2n) is 4.73. The number of nitrogens with zero attached hydrogens (tertiary/aromatic N) is 2. The van der Waals surface area contributed by atoms with Crippen molar-refractivity contribution in [1.82, 2.24) is 9.80 Å². The van der Waals surface area contributed by atoms with E-state index in [1.165, 1.54) is 4.90 Å². The molecule has 1 unspecified atom stereocenters. The molecule has 0 aromatic heterocycles. The summed E-state index contributed by atoms with van der Waals surface area (Å²) in [6, 6.07) is -0.199. The monoisotopic (exact) mass is 238 g/mol. The third-order valence-corrected chi connectivity index (χ3v) is 3.14. The summed E-state index contributed by atoms with van der Waals surface area (Å²) in [6.07, 6.45) is 6.45. The Morgan fingerprint density at radius 3 is 2.76 bits per heavy atom. The van der Waals surface area contributed by atoms with Crippen molar-refractivity contribution in [3.05, 3.63) is 0 Å². The SMILES string of the molecule is C#CCN(C)C(=O)N1CCCC(C)(C(=O)O)C1. The van der Waals surface area contributed by atoms with Crippen molar-refractivity contribution in [3.8, 4) is 12.3 Å². The van der Waals surface area contributed by atoms with Gasteiger partial charge in [-0.15, -0.1) is 6.42 Å². The summed E-state index contributed by atoms with van der Waals surface area (Å²) >= 11 is 0. The van der Waals surface area contributed by atoms with E-state index in [9.17, 15) is 9.59 Å². The van der Waals surface area contributed by atoms with Crippen LogP contribution in [0.15, 0.2) is 0 Å². The first kappa shape index (κ1) is 13.4. The molecule has 1 N–H and O–H groups in total. The Morgan fingerprint density at radius 2 is 2.24 bits per heavy atom. The van der Waals surface area contributed by atoms with E-state index in [-0.39, 0.29) is 19.1 Å². The molecule has 1 fully saturated rings. The van der Waals surface area contributed by atoms with Crippen molar-refractivity contribution in [2.24, 2.45) is 5.41 Å². The average Bonchev–Trinajstić information content (AvgIpc) is 2.28. The molecule has 5 heteroatoms. The number of terminal acetylenes is 1. The number of piperidine rings is 1. The largest absolute Gasteiger partial charge is 0.481 e. The Hall–Kier alpha value is -1.70. The fourth-order valence-electron chi connectivity index (χ4n) is 2.02. The number of rotatable bonds is 2. The molecule has 5 nitrogen and oxygen atoms in total. The highest BCUT2D eigenvalue weighted by atomic mass is 16.4. The van der Waals surface area contributed by atoms with E-state index in [0.717, 1.165) is 0 Å². The molecule has 0 aromatic rings. The molecule has 0 aromatic carbocycles. The molecular weight excluding hydrogens is 220 g/mol. The number of urea groups is 1. The van der Waals surface area contributed by atoms with Gasteiger partial charge in [0.25, 0.3) is 0 Å². The Bertz CT molecular complexity index is 361. The molecule has 1 saturated heterocycles. The molecule has 94 valence electrons. The Morgan fingerprint density at radius 1 is 1.59 bits per heavy atom. The fraction of sp³-hybridized carbons (Fsp3) is 0.667. The minimum Gasteiger partial charge on any atom is -0.481 e. The fourth-order valence-corrected chi connectivity index (χ4v) is 2.02. The number of carbonyl (C=O) groups excluding carboxylic acids is 1. The summed E-state index contributed by atoms with van der Waals surface area (Å²) in [5, 5.41) is 9.16. The number of carbonyl (C=O) groups is 2. The molecule has 0 bridgehead atoms. The van der Waals surface area contributed by atoms with Crippen LogP contribution in [-0.2, 0) is 4.79 Å². The number of carboxylic acids is 1. The van der Waals surface area contributed by atoms with Crippen LogP contribution in [0, 0.1) is 17.8 Å². The molecule has 2 amide bonds. The van der Waals surface area contributed by atoms with Crippen LogP contribution in [0.5, 0.6) is 0 Å². The van der Waals surface area contributed by atoms with Gasteiger partial charge in [0.15, 0.2) is 0 Å². The van der Waals surface area contributed by atoms with Crippen LogP contribution in [0.1, 0.15) is 19.8 Å². The van der Waals surface area contributed by atoms with Crippen molar-refractivity contribution < 1.29 is 14.7 Å². The van der Waals surface area contributed by atoms with Crippen molar-refractivity contribution in [2.45, 2.75) is 19.8 Å². The smallest absolute Gasteiger partial charge is 0.320 e. The van der Waals surface area contributed by atoms with Crippen molar-refractivity contribution in [1.29, 1.82) is 0 Å². The number of amides is 2. The average molecular weight is 238 g/mol. The zero-order valence-electron chi connectivity index (χ0n) is 10.3. The maximum atomic E-state index is 12.0. The van der Waals surface area contributed by atoms with Gasteiger partial charge in [0.05, 0.1) is 12.0 Å². The second-order valence-corrected chi connectivity index (χ2v) is 4.73. The normalized spacial score (nSPS) is 23.9. The molecular formula is C12H18N2O3. The highest BCUT2D eigenvalue weighted by Crippen LogP contribution is 2.29. The second kappa shape index (κ2) is 5.09. The molecule has 0 spiro atoms. The molecule has 17 heavy (non-hydrogen) atoms. The van der Waals surface area contributed by atoms with Gasteiger partial charge in [-0.1, -0.05) is 5.92 Å². The molecule has 1 rings (SSSR count). The van der Waals surface area contributed by atoms with E-state index in [2.05, 4.69) is 5.92 Å². The summed E-state index contributed by atoms with van der Waals surface area (Å²) in [5.74, 6) is 1.54. The van der Waals surface area contributed by atoms with Gasteiger partial charge in [-0.05, 0) is 19.8 Å². The van der Waals surface area contributed by atoms with Crippen LogP contribution in [0.25, 0.3) is 0 Å². The van der Waals surface area contributed by atoms with Crippen LogP contribution >= 0.6 is 0 Å². The number of carboxylic acid groups (broad SMARTS) is 1. The lowest BCUT2D eigenvalue weighted by Crippen LogP contribution is -2.51. The zero-order valence-corrected chi connectivity index (χ0v) is 10.3. The van der Waals surface area contributed by atoms with E-state index in [0.29, 0.717) is 19.4 Å². The van der Waals surface area contributed by atoms with Gasteiger partial charge in [0, 0.05) is 20.1 Å². The first-order chi connectivity index (χ1) is 7.90. The summed E-state index contributed by atoms with van der Waals surface area (Å²) in [7, 11) is 1.62. The standard InChI is InChI=1S/C12H18N2O3/c1-4-7-13(3)11(17)14-8-5-6-12(2,9-14)10(15)16/h1H,5-9H2,2-3H3,(H,15,16). The number of hydrogen-bond donors (Lipinski definition) is 1. The van der Waals surface area contributed by atoms with Gasteiger partial charge < -0.3 is 14.9 Å². The first-order valence-electron chi connectivity index (χ1n) is 5.57. The van der Waals surface area contributed by atoms with Crippen LogP contribution in [0.4, 0.5) is 4.79 Å². The van der Waals surface area contributed by atoms with E-state index in [1.54, 1.807) is 18.9 Å². The molecule has 0 radical (unpaired) electrons. The first-order valence-corrected chi connectivity index (χ1v) is 5.57. The van der Waals surface area contributed by atoms with Crippen LogP contribution < -0.4 is 0 Å². The lowest BCUT2D eigenvalue weighted by Gasteiger charge is -2.38. The number of hydrogen-bond acceptors (Lipinski definition) is 2. The van der Waals surface area contributed by atoms with E-state index >= 15 is 0 Å². The molecule has 0 saturated carbocycles. The van der Waals surface area contributed by atoms with Gasteiger partial charge in [0.2, 0.25) is 0 Å².